The Morgan fingerprint density at radius 2 is 0.882 bits per heavy atom. The molecule has 3 heterocycles. The van der Waals surface area contributed by atoms with Gasteiger partial charge in [0.2, 0.25) is 17.2 Å². The third-order valence-corrected chi connectivity index (χ3v) is 14.0. The van der Waals surface area contributed by atoms with E-state index in [4.69, 9.17) is 127 Å². The number of aromatic amines is 2. The molecule has 3 aromatic heterocycles. The van der Waals surface area contributed by atoms with Crippen molar-refractivity contribution in [3.05, 3.63) is 249 Å². The minimum Gasteiger partial charge on any atom is -0.352 e. The third kappa shape index (κ3) is 17.8. The van der Waals surface area contributed by atoms with Gasteiger partial charge in [0.15, 0.2) is 0 Å². The smallest absolute Gasteiger partial charge is 0.204 e. The number of benzene rings is 8. The Morgan fingerprint density at radius 1 is 0.434 bits per heavy atom. The molecular formula is C57H49Cl10N9. The molecule has 76 heavy (non-hydrogen) atoms. The Bertz CT molecular complexity index is 3520. The van der Waals surface area contributed by atoms with Crippen molar-refractivity contribution in [1.82, 2.24) is 29.5 Å². The number of para-hydroxylation sites is 6. The number of nitrogens with zero attached hydrogens (tertiary/aromatic N) is 4. The van der Waals surface area contributed by atoms with Crippen LogP contribution in [0.25, 0.3) is 33.1 Å². The number of imidazole rings is 3. The van der Waals surface area contributed by atoms with Crippen LogP contribution in [0, 0.1) is 0 Å². The summed E-state index contributed by atoms with van der Waals surface area (Å²) >= 11 is 58.1. The van der Waals surface area contributed by atoms with Gasteiger partial charge in [-0.15, -0.1) is 11.6 Å². The highest BCUT2D eigenvalue weighted by atomic mass is 35.5. The van der Waals surface area contributed by atoms with Crippen molar-refractivity contribution in [1.29, 1.82) is 0 Å². The number of alkyl halides is 1. The molecule has 11 rings (SSSR count). The summed E-state index contributed by atoms with van der Waals surface area (Å²) in [5.41, 5.74) is 16.6. The van der Waals surface area contributed by atoms with E-state index in [0.29, 0.717) is 67.5 Å². The highest BCUT2D eigenvalue weighted by Crippen LogP contribution is 2.27. The van der Waals surface area contributed by atoms with Crippen LogP contribution in [0.4, 0.5) is 11.9 Å². The van der Waals surface area contributed by atoms with Gasteiger partial charge in [-0.3, -0.25) is 0 Å². The van der Waals surface area contributed by atoms with Crippen LogP contribution in [0.5, 0.6) is 0 Å². The van der Waals surface area contributed by atoms with Crippen LogP contribution in [0.15, 0.2) is 176 Å². The Kier molecular flexibility index (Phi) is 23.6. The lowest BCUT2D eigenvalue weighted by atomic mass is 10.2. The van der Waals surface area contributed by atoms with E-state index in [1.54, 1.807) is 24.3 Å². The van der Waals surface area contributed by atoms with Crippen LogP contribution >= 0.6 is 116 Å². The zero-order valence-electron chi connectivity index (χ0n) is 39.4. The van der Waals surface area contributed by atoms with Gasteiger partial charge in [0.1, 0.15) is 0 Å². The maximum Gasteiger partial charge on any atom is 0.204 e. The lowest BCUT2D eigenvalue weighted by molar-refractivity contribution is 0.822. The molecular weight excluding hydrogens is 1170 g/mol. The van der Waals surface area contributed by atoms with Gasteiger partial charge in [-0.2, -0.15) is 0 Å². The number of rotatable bonds is 10. The zero-order chi connectivity index (χ0) is 53.3. The highest BCUT2D eigenvalue weighted by molar-refractivity contribution is 6.43. The number of hydrogen-bond acceptors (Lipinski definition) is 6. The predicted molar refractivity (Wildman–Crippen MR) is 327 cm³/mol. The molecule has 9 nitrogen and oxygen atoms in total. The molecule has 0 fully saturated rings. The Balaban J connectivity index is 0.000000166. The number of hydrogen-bond donors (Lipinski definition) is 5. The number of fused-ring (bicyclic) bond motifs is 3. The second kappa shape index (κ2) is 30.0. The molecule has 0 aliphatic rings. The Hall–Kier alpha value is -5.37. The van der Waals surface area contributed by atoms with Crippen LogP contribution in [0.2, 0.25) is 45.5 Å². The normalized spacial score (nSPS) is 10.5. The van der Waals surface area contributed by atoms with Crippen molar-refractivity contribution in [2.24, 2.45) is 5.73 Å². The number of aromatic nitrogens is 6. The number of nitrogens with two attached hydrogens (primary N) is 1. The second-order valence-electron chi connectivity index (χ2n) is 16.2. The molecule has 0 bridgehead atoms. The maximum absolute atomic E-state index is 6.12. The summed E-state index contributed by atoms with van der Waals surface area (Å²) in [6.07, 6.45) is 0. The van der Waals surface area contributed by atoms with E-state index >= 15 is 0 Å². The number of H-pyrrole nitrogens is 2. The van der Waals surface area contributed by atoms with Gasteiger partial charge in [0, 0.05) is 35.6 Å². The van der Waals surface area contributed by atoms with Crippen molar-refractivity contribution in [2.45, 2.75) is 39.5 Å². The van der Waals surface area contributed by atoms with Crippen LogP contribution in [-0.2, 0) is 32.1 Å². The fraction of sp³-hybridized carbons (Fsp3) is 0.105. The molecule has 6 N–H and O–H groups in total. The van der Waals surface area contributed by atoms with Crippen LogP contribution in [0.1, 0.15) is 35.2 Å². The van der Waals surface area contributed by atoms with Gasteiger partial charge in [-0.1, -0.05) is 179 Å². The summed E-state index contributed by atoms with van der Waals surface area (Å²) in [5.74, 6) is 2.10. The van der Waals surface area contributed by atoms with Crippen molar-refractivity contribution in [2.75, 3.05) is 10.6 Å². The van der Waals surface area contributed by atoms with E-state index in [1.165, 1.54) is 0 Å². The molecule has 0 aliphatic heterocycles. The summed E-state index contributed by atoms with van der Waals surface area (Å²) in [7, 11) is 0. The standard InChI is InChI=1S/C21H16Cl3N3.C14H11Cl2N3.C7H7Cl2N.C7H6Cl2.C7H5ClN2.CH4/c22-16-8-5-14(6-9-16)13-27-20-4-2-1-3-19(20)26-21(27)25-12-15-7-10-17(23)18(24)11-15;15-10-6-5-9(7-11(10)16)8-17-14-18-12-3-1-2-4-13(12)19-14;8-6-2-1-5(4-10)3-7(6)9;8-5-6-1-3-7(9)4-2-6;8-7-9-5-3-1-2-4-6(5)10-7;/h1-11H,12-13H2,(H,25,26);1-7H,8H2,(H2,17,18,19);1-3H,4,10H2;1-4H,5H2;1-4H,(H,9,10);1H4. The molecule has 392 valence electrons. The van der Waals surface area contributed by atoms with Crippen LogP contribution in [-0.4, -0.2) is 29.5 Å². The van der Waals surface area contributed by atoms with Gasteiger partial charge in [0.25, 0.3) is 0 Å². The molecule has 0 aliphatic carbocycles. The largest absolute Gasteiger partial charge is 0.352 e. The molecule has 0 amide bonds. The van der Waals surface area contributed by atoms with Crippen LogP contribution in [0.3, 0.4) is 0 Å². The van der Waals surface area contributed by atoms with Crippen LogP contribution < -0.4 is 16.4 Å². The molecule has 19 heteroatoms. The lowest BCUT2D eigenvalue weighted by Crippen LogP contribution is -2.08. The molecule has 0 saturated carbocycles. The summed E-state index contributed by atoms with van der Waals surface area (Å²) in [6.45, 7) is 2.43. The van der Waals surface area contributed by atoms with Gasteiger partial charge in [-0.05, 0) is 136 Å². The SMILES string of the molecule is C.ClCc1ccc(Cl)cc1.Clc1ccc(CNc2nc3ccccc3[nH]2)cc1Cl.Clc1ccc(Cn2c(NCc3ccc(Cl)c(Cl)c3)nc3ccccc32)cc1.Clc1nc2ccccc2[nH]1.NCc1ccc(Cl)c(Cl)c1. The first kappa shape index (κ1) is 59.9. The number of nitrogens with one attached hydrogen (secondary N) is 4. The summed E-state index contributed by atoms with van der Waals surface area (Å²) in [5, 5.41) is 11.9. The summed E-state index contributed by atoms with van der Waals surface area (Å²) in [6, 6.07) is 55.6. The monoisotopic (exact) mass is 1210 g/mol. The fourth-order valence-corrected chi connectivity index (χ4v) is 8.59. The summed E-state index contributed by atoms with van der Waals surface area (Å²) < 4.78 is 2.16. The fourth-order valence-electron chi connectivity index (χ4n) is 7.01. The quantitative estimate of drug-likeness (QED) is 0.0869. The molecule has 11 aromatic rings. The average molecular weight is 1210 g/mol. The topological polar surface area (TPSA) is 125 Å². The van der Waals surface area contributed by atoms with Crippen molar-refractivity contribution in [3.63, 3.8) is 0 Å². The Morgan fingerprint density at radius 3 is 1.39 bits per heavy atom. The van der Waals surface area contributed by atoms with Gasteiger partial charge in [-0.25, -0.2) is 15.0 Å². The first-order valence-electron chi connectivity index (χ1n) is 22.8. The number of anilines is 2. The minimum absolute atomic E-state index is 0. The first-order chi connectivity index (χ1) is 36.2. The molecule has 0 atom stereocenters. The predicted octanol–water partition coefficient (Wildman–Crippen LogP) is 19.5. The van der Waals surface area contributed by atoms with E-state index in [-0.39, 0.29) is 7.43 Å². The first-order valence-corrected chi connectivity index (χ1v) is 26.7. The van der Waals surface area contributed by atoms with Gasteiger partial charge in [0.05, 0.1) is 69.8 Å². The Labute approximate surface area is 491 Å². The molecule has 0 saturated heterocycles. The molecule has 0 spiro atoms. The molecule has 0 unspecified atom stereocenters. The highest BCUT2D eigenvalue weighted by Gasteiger charge is 2.12. The van der Waals surface area contributed by atoms with Crippen molar-refractivity contribution in [3.8, 4) is 0 Å². The van der Waals surface area contributed by atoms with Crippen molar-refractivity contribution >= 4 is 161 Å². The van der Waals surface area contributed by atoms with E-state index in [9.17, 15) is 0 Å². The third-order valence-electron chi connectivity index (χ3n) is 10.8. The lowest BCUT2D eigenvalue weighted by Gasteiger charge is -2.12. The maximum atomic E-state index is 6.12. The van der Waals surface area contributed by atoms with Crippen molar-refractivity contribution < 1.29 is 0 Å². The number of halogens is 10. The van der Waals surface area contributed by atoms with Gasteiger partial charge < -0.3 is 30.9 Å². The average Bonchev–Trinajstić information content (AvgIpc) is 4.13. The summed E-state index contributed by atoms with van der Waals surface area (Å²) in [4.78, 5) is 19.3. The molecule has 0 radical (unpaired) electrons. The van der Waals surface area contributed by atoms with E-state index < -0.39 is 0 Å². The second-order valence-corrected chi connectivity index (χ2v) is 20.1. The van der Waals surface area contributed by atoms with Gasteiger partial charge >= 0.3 is 0 Å². The van der Waals surface area contributed by atoms with E-state index in [2.05, 4.69) is 41.2 Å². The minimum atomic E-state index is 0. The molecule has 8 aromatic carbocycles. The van der Waals surface area contributed by atoms with E-state index in [0.717, 1.165) is 82.9 Å². The van der Waals surface area contributed by atoms with E-state index in [1.807, 2.05) is 146 Å². The zero-order valence-corrected chi connectivity index (χ0v) is 47.0.